The first kappa shape index (κ1) is 20.2. The van der Waals surface area contributed by atoms with Gasteiger partial charge in [0.15, 0.2) is 12.4 Å². The van der Waals surface area contributed by atoms with Crippen LogP contribution in [0, 0.1) is 0 Å². The number of unbranched alkanes of at least 4 members (excludes halogenated alkanes) is 1. The smallest absolute Gasteiger partial charge is 0.344 e. The highest BCUT2D eigenvalue weighted by atomic mass is 127. The number of nitrogens with zero attached hydrogens (tertiary/aromatic N) is 2. The predicted octanol–water partition coefficient (Wildman–Crippen LogP) is 0.116. The van der Waals surface area contributed by atoms with Gasteiger partial charge in [-0.2, -0.15) is 0 Å². The van der Waals surface area contributed by atoms with E-state index in [0.717, 1.165) is 25.1 Å². The first-order valence-electron chi connectivity index (χ1n) is 8.42. The standard InChI is InChI=1S/C20H23N2O3.HI/c1-21-10-5-6-17(15-21)20(23)25-13-4-3-11-22-12-9-16-14-18(24-2)7-8-19(16)22;/h5-10,12,14-15H,3-4,11,13H2,1-2H3;1H/q+1;/p-1. The van der Waals surface area contributed by atoms with Gasteiger partial charge in [0.1, 0.15) is 18.4 Å². The molecular weight excluding hydrogens is 443 g/mol. The molecule has 0 spiro atoms. The van der Waals surface area contributed by atoms with Crippen LogP contribution in [0.5, 0.6) is 5.75 Å². The molecule has 0 radical (unpaired) electrons. The van der Waals surface area contributed by atoms with Crippen LogP contribution in [0.2, 0.25) is 0 Å². The Kier molecular flexibility index (Phi) is 7.44. The van der Waals surface area contributed by atoms with Crippen LogP contribution in [0.1, 0.15) is 23.2 Å². The van der Waals surface area contributed by atoms with Crippen molar-refractivity contribution in [3.63, 3.8) is 0 Å². The molecule has 0 atom stereocenters. The van der Waals surface area contributed by atoms with Crippen LogP contribution in [0.25, 0.3) is 10.9 Å². The van der Waals surface area contributed by atoms with Crippen molar-refractivity contribution in [2.75, 3.05) is 13.7 Å². The van der Waals surface area contributed by atoms with E-state index in [1.54, 1.807) is 19.4 Å². The molecule has 0 bridgehead atoms. The van der Waals surface area contributed by atoms with Gasteiger partial charge in [-0.05, 0) is 43.2 Å². The lowest BCUT2D eigenvalue weighted by atomic mass is 10.2. The van der Waals surface area contributed by atoms with Gasteiger partial charge in [-0.1, -0.05) is 0 Å². The highest BCUT2D eigenvalue weighted by Crippen LogP contribution is 2.22. The van der Waals surface area contributed by atoms with E-state index in [0.29, 0.717) is 12.2 Å². The molecule has 0 aliphatic carbocycles. The number of benzene rings is 1. The van der Waals surface area contributed by atoms with Crippen molar-refractivity contribution in [2.24, 2.45) is 7.05 Å². The van der Waals surface area contributed by atoms with Crippen molar-refractivity contribution in [1.29, 1.82) is 0 Å². The Morgan fingerprint density at radius 3 is 2.81 bits per heavy atom. The molecule has 3 rings (SSSR count). The topological polar surface area (TPSA) is 44.3 Å². The van der Waals surface area contributed by atoms with Gasteiger partial charge in [0.05, 0.1) is 13.7 Å². The van der Waals surface area contributed by atoms with Gasteiger partial charge in [0, 0.05) is 29.7 Å². The van der Waals surface area contributed by atoms with Crippen molar-refractivity contribution in [3.8, 4) is 5.75 Å². The van der Waals surface area contributed by atoms with Crippen molar-refractivity contribution in [3.05, 3.63) is 60.6 Å². The van der Waals surface area contributed by atoms with Gasteiger partial charge in [0.25, 0.3) is 0 Å². The molecule has 0 saturated heterocycles. The molecule has 6 heteroatoms. The number of pyridine rings is 1. The molecule has 138 valence electrons. The molecule has 0 unspecified atom stereocenters. The summed E-state index contributed by atoms with van der Waals surface area (Å²) in [6, 6.07) is 11.8. The Hall–Kier alpha value is -2.09. The van der Waals surface area contributed by atoms with E-state index in [1.807, 2.05) is 36.0 Å². The molecule has 0 amide bonds. The second-order valence-corrected chi connectivity index (χ2v) is 6.04. The van der Waals surface area contributed by atoms with E-state index in [9.17, 15) is 4.79 Å². The predicted molar refractivity (Wildman–Crippen MR) is 95.6 cm³/mol. The first-order chi connectivity index (χ1) is 12.2. The van der Waals surface area contributed by atoms with Gasteiger partial charge in [-0.25, -0.2) is 9.36 Å². The van der Waals surface area contributed by atoms with E-state index in [4.69, 9.17) is 9.47 Å². The van der Waals surface area contributed by atoms with Gasteiger partial charge in [-0.15, -0.1) is 0 Å². The molecule has 2 heterocycles. The number of aromatic nitrogens is 2. The molecule has 0 aliphatic heterocycles. The van der Waals surface area contributed by atoms with E-state index in [1.165, 1.54) is 10.9 Å². The van der Waals surface area contributed by atoms with E-state index in [2.05, 4.69) is 22.9 Å². The molecule has 2 aromatic heterocycles. The maximum atomic E-state index is 12.0. The fourth-order valence-electron chi connectivity index (χ4n) is 2.84. The van der Waals surface area contributed by atoms with Crippen LogP contribution in [-0.2, 0) is 18.3 Å². The van der Waals surface area contributed by atoms with Crippen LogP contribution < -0.4 is 33.3 Å². The molecular formula is C20H23IN2O3. The number of carbonyl (C=O) groups excluding carboxylic acids is 1. The average Bonchev–Trinajstić information content (AvgIpc) is 3.03. The third-order valence-electron chi connectivity index (χ3n) is 4.18. The maximum Gasteiger partial charge on any atom is 0.344 e. The summed E-state index contributed by atoms with van der Waals surface area (Å²) in [5.41, 5.74) is 1.77. The van der Waals surface area contributed by atoms with Crippen LogP contribution in [0.15, 0.2) is 55.0 Å². The summed E-state index contributed by atoms with van der Waals surface area (Å²) in [6.45, 7) is 1.33. The Morgan fingerprint density at radius 2 is 2.04 bits per heavy atom. The number of halogens is 1. The number of aryl methyl sites for hydroxylation is 2. The number of rotatable bonds is 7. The molecule has 26 heavy (non-hydrogen) atoms. The normalized spacial score (nSPS) is 10.4. The Balaban J connectivity index is 0.00000243. The molecule has 3 aromatic rings. The number of carbonyl (C=O) groups is 1. The second kappa shape index (κ2) is 9.56. The fourth-order valence-corrected chi connectivity index (χ4v) is 2.84. The quantitative estimate of drug-likeness (QED) is 0.215. The van der Waals surface area contributed by atoms with Crippen LogP contribution in [0.3, 0.4) is 0 Å². The number of esters is 1. The fraction of sp³-hybridized carbons (Fsp3) is 0.300. The number of hydrogen-bond donors (Lipinski definition) is 0. The van der Waals surface area contributed by atoms with Gasteiger partial charge >= 0.3 is 5.97 Å². The minimum Gasteiger partial charge on any atom is -1.00 e. The number of hydrogen-bond acceptors (Lipinski definition) is 3. The minimum absolute atomic E-state index is 0. The van der Waals surface area contributed by atoms with Gasteiger partial charge in [0.2, 0.25) is 0 Å². The largest absolute Gasteiger partial charge is 1.00 e. The number of fused-ring (bicyclic) bond motifs is 1. The Labute approximate surface area is 170 Å². The zero-order chi connectivity index (χ0) is 17.6. The Morgan fingerprint density at radius 1 is 1.19 bits per heavy atom. The van der Waals surface area contributed by atoms with Gasteiger partial charge < -0.3 is 38.0 Å². The van der Waals surface area contributed by atoms with Crippen molar-refractivity contribution < 1.29 is 42.8 Å². The van der Waals surface area contributed by atoms with E-state index < -0.39 is 0 Å². The highest BCUT2D eigenvalue weighted by molar-refractivity contribution is 5.88. The molecule has 1 aromatic carbocycles. The van der Waals surface area contributed by atoms with Gasteiger partial charge in [-0.3, -0.25) is 0 Å². The lowest BCUT2D eigenvalue weighted by Gasteiger charge is -2.07. The van der Waals surface area contributed by atoms with Crippen LogP contribution in [0.4, 0.5) is 0 Å². The minimum atomic E-state index is -0.269. The van der Waals surface area contributed by atoms with Crippen LogP contribution >= 0.6 is 0 Å². The highest BCUT2D eigenvalue weighted by Gasteiger charge is 2.10. The first-order valence-corrected chi connectivity index (χ1v) is 8.42. The summed E-state index contributed by atoms with van der Waals surface area (Å²) in [4.78, 5) is 12.0. The number of methoxy groups -OCH3 is 1. The summed E-state index contributed by atoms with van der Waals surface area (Å²) in [7, 11) is 3.56. The van der Waals surface area contributed by atoms with Crippen molar-refractivity contribution >= 4 is 16.9 Å². The second-order valence-electron chi connectivity index (χ2n) is 6.04. The van der Waals surface area contributed by atoms with Crippen molar-refractivity contribution in [1.82, 2.24) is 4.57 Å². The lowest BCUT2D eigenvalue weighted by molar-refractivity contribution is -0.671. The van der Waals surface area contributed by atoms with E-state index >= 15 is 0 Å². The molecule has 0 aliphatic rings. The molecule has 5 nitrogen and oxygen atoms in total. The zero-order valence-corrected chi connectivity index (χ0v) is 17.2. The summed E-state index contributed by atoms with van der Waals surface area (Å²) >= 11 is 0. The maximum absolute atomic E-state index is 12.0. The average molecular weight is 466 g/mol. The SMILES string of the molecule is COc1ccc2c(ccn2CCCCOC(=O)c2ccc[n+](C)c2)c1.[I-]. The third kappa shape index (κ3) is 4.97. The lowest BCUT2D eigenvalue weighted by Crippen LogP contribution is -3.00. The number of ether oxygens (including phenoxy) is 2. The third-order valence-corrected chi connectivity index (χ3v) is 4.18. The Bertz CT molecular complexity index is 876. The van der Waals surface area contributed by atoms with Crippen molar-refractivity contribution in [2.45, 2.75) is 19.4 Å². The molecule has 0 saturated carbocycles. The summed E-state index contributed by atoms with van der Waals surface area (Å²) in [6.07, 6.45) is 7.52. The summed E-state index contributed by atoms with van der Waals surface area (Å²) < 4.78 is 14.6. The van der Waals surface area contributed by atoms with E-state index in [-0.39, 0.29) is 29.9 Å². The van der Waals surface area contributed by atoms with Crippen LogP contribution in [-0.4, -0.2) is 24.3 Å². The summed E-state index contributed by atoms with van der Waals surface area (Å²) in [5.74, 6) is 0.598. The monoisotopic (exact) mass is 466 g/mol. The summed E-state index contributed by atoms with van der Waals surface area (Å²) in [5, 5.41) is 1.17. The molecule has 0 fully saturated rings. The molecule has 0 N–H and O–H groups in total. The zero-order valence-electron chi connectivity index (χ0n) is 15.0.